The third kappa shape index (κ3) is 3.82. The minimum atomic E-state index is -0.441. The van der Waals surface area contributed by atoms with Crippen molar-refractivity contribution in [3.8, 4) is 0 Å². The molecule has 118 valence electrons. The highest BCUT2D eigenvalue weighted by molar-refractivity contribution is 7.80. The van der Waals surface area contributed by atoms with E-state index in [0.29, 0.717) is 0 Å². The van der Waals surface area contributed by atoms with E-state index in [2.05, 4.69) is 26.4 Å². The zero-order chi connectivity index (χ0) is 16.3. The Hall–Kier alpha value is -2.42. The Bertz CT molecular complexity index is 690. The zero-order valence-electron chi connectivity index (χ0n) is 12.9. The van der Waals surface area contributed by atoms with Gasteiger partial charge in [-0.25, -0.2) is 0 Å². The predicted molar refractivity (Wildman–Crippen MR) is 87.1 cm³/mol. The van der Waals surface area contributed by atoms with Gasteiger partial charge in [0.05, 0.1) is 17.6 Å². The van der Waals surface area contributed by atoms with Crippen LogP contribution in [0.4, 0.5) is 5.69 Å². The second-order valence-electron chi connectivity index (χ2n) is 5.04. The number of hydrogen-bond donors (Lipinski definition) is 3. The average molecular weight is 321 g/mol. The van der Waals surface area contributed by atoms with Gasteiger partial charge < -0.3 is 5.32 Å². The molecule has 0 aromatic carbocycles. The van der Waals surface area contributed by atoms with Gasteiger partial charge in [0.2, 0.25) is 0 Å². The molecular weight excluding hydrogens is 302 g/mol. The highest BCUT2D eigenvalue weighted by Gasteiger charge is 2.15. The molecule has 0 radical (unpaired) electrons. The van der Waals surface area contributed by atoms with E-state index in [1.165, 1.54) is 0 Å². The first-order valence-corrected chi connectivity index (χ1v) is 7.15. The quantitative estimate of drug-likeness (QED) is 0.573. The molecule has 8 nitrogen and oxygen atoms in total. The molecule has 0 saturated heterocycles. The zero-order valence-corrected chi connectivity index (χ0v) is 13.7. The van der Waals surface area contributed by atoms with Gasteiger partial charge in [-0.05, 0) is 38.6 Å². The van der Waals surface area contributed by atoms with E-state index in [9.17, 15) is 4.79 Å². The van der Waals surface area contributed by atoms with E-state index in [4.69, 9.17) is 12.2 Å². The van der Waals surface area contributed by atoms with Crippen molar-refractivity contribution in [3.63, 3.8) is 0 Å². The van der Waals surface area contributed by atoms with Crippen LogP contribution in [0.2, 0.25) is 0 Å². The van der Waals surface area contributed by atoms with Crippen LogP contribution in [0.15, 0.2) is 18.6 Å². The van der Waals surface area contributed by atoms with Crippen LogP contribution >= 0.6 is 12.2 Å². The lowest BCUT2D eigenvalue weighted by Crippen LogP contribution is -2.46. The fourth-order valence-corrected chi connectivity index (χ4v) is 2.02. The van der Waals surface area contributed by atoms with Crippen molar-refractivity contribution in [2.45, 2.75) is 26.8 Å². The van der Waals surface area contributed by atoms with Crippen molar-refractivity contribution >= 4 is 28.9 Å². The van der Waals surface area contributed by atoms with Gasteiger partial charge in [-0.3, -0.25) is 25.0 Å². The number of carbonyl (C=O) groups is 1. The van der Waals surface area contributed by atoms with E-state index in [0.717, 1.165) is 16.9 Å². The smallest absolute Gasteiger partial charge is 0.262 e. The third-order valence-corrected chi connectivity index (χ3v) is 3.27. The standard InChI is InChI=1S/C13H19N7OS/c1-8-5-14-20(6-8)10(3)12(21)16-17-13(22)15-11-7-19(4)18-9(11)2/h5-7,10H,1-4H3,(H,16,21)(H2,15,17,22). The normalized spacial score (nSPS) is 11.8. The Labute approximate surface area is 133 Å². The second kappa shape index (κ2) is 6.56. The first kappa shape index (κ1) is 16.0. The molecule has 2 rings (SSSR count). The molecule has 1 unspecified atom stereocenters. The van der Waals surface area contributed by atoms with Crippen LogP contribution in [-0.2, 0) is 11.8 Å². The number of aryl methyl sites for hydroxylation is 3. The highest BCUT2D eigenvalue weighted by Crippen LogP contribution is 2.10. The number of hydrazine groups is 1. The Kier molecular flexibility index (Phi) is 4.76. The van der Waals surface area contributed by atoms with Crippen LogP contribution in [0, 0.1) is 13.8 Å². The topological polar surface area (TPSA) is 88.8 Å². The van der Waals surface area contributed by atoms with Crippen LogP contribution in [0.1, 0.15) is 24.2 Å². The van der Waals surface area contributed by atoms with Crippen molar-refractivity contribution < 1.29 is 4.79 Å². The maximum atomic E-state index is 12.0. The summed E-state index contributed by atoms with van der Waals surface area (Å²) in [6.07, 6.45) is 5.31. The number of anilines is 1. The molecule has 3 N–H and O–H groups in total. The SMILES string of the molecule is Cc1cnn(C(C)C(=O)NNC(=S)Nc2cn(C)nc2C)c1. The molecule has 0 spiro atoms. The lowest BCUT2D eigenvalue weighted by molar-refractivity contribution is -0.124. The summed E-state index contributed by atoms with van der Waals surface area (Å²) in [6, 6.07) is -0.441. The fraction of sp³-hybridized carbons (Fsp3) is 0.385. The van der Waals surface area contributed by atoms with Gasteiger partial charge >= 0.3 is 0 Å². The van der Waals surface area contributed by atoms with Gasteiger partial charge in [0, 0.05) is 19.4 Å². The summed E-state index contributed by atoms with van der Waals surface area (Å²) in [5, 5.41) is 11.6. The maximum absolute atomic E-state index is 12.0. The second-order valence-corrected chi connectivity index (χ2v) is 5.45. The van der Waals surface area contributed by atoms with Gasteiger partial charge in [-0.15, -0.1) is 0 Å². The van der Waals surface area contributed by atoms with Crippen LogP contribution in [0.25, 0.3) is 0 Å². The number of aromatic nitrogens is 4. The van der Waals surface area contributed by atoms with Crippen LogP contribution in [0.5, 0.6) is 0 Å². The number of amides is 1. The van der Waals surface area contributed by atoms with Crippen LogP contribution in [0.3, 0.4) is 0 Å². The van der Waals surface area contributed by atoms with E-state index in [1.807, 2.05) is 20.9 Å². The summed E-state index contributed by atoms with van der Waals surface area (Å²) >= 11 is 5.13. The van der Waals surface area contributed by atoms with Crippen molar-refractivity contribution in [3.05, 3.63) is 29.8 Å². The Morgan fingerprint density at radius 3 is 2.59 bits per heavy atom. The number of rotatable bonds is 3. The third-order valence-electron chi connectivity index (χ3n) is 3.07. The molecule has 22 heavy (non-hydrogen) atoms. The van der Waals surface area contributed by atoms with Crippen LogP contribution < -0.4 is 16.2 Å². The summed E-state index contributed by atoms with van der Waals surface area (Å²) in [6.45, 7) is 5.54. The van der Waals surface area contributed by atoms with E-state index < -0.39 is 6.04 Å². The number of hydrogen-bond acceptors (Lipinski definition) is 4. The Morgan fingerprint density at radius 2 is 2.05 bits per heavy atom. The number of thiocarbonyl (C=S) groups is 1. The van der Waals surface area contributed by atoms with Crippen molar-refractivity contribution in [1.82, 2.24) is 30.4 Å². The molecule has 0 saturated carbocycles. The lowest BCUT2D eigenvalue weighted by Gasteiger charge is -2.15. The van der Waals surface area contributed by atoms with Gasteiger partial charge in [0.15, 0.2) is 5.11 Å². The first-order chi connectivity index (χ1) is 10.4. The van der Waals surface area contributed by atoms with Crippen molar-refractivity contribution in [2.24, 2.45) is 7.05 Å². The molecule has 0 aliphatic carbocycles. The molecule has 2 aromatic rings. The molecule has 9 heteroatoms. The van der Waals surface area contributed by atoms with Crippen molar-refractivity contribution in [1.29, 1.82) is 0 Å². The average Bonchev–Trinajstić information content (AvgIpc) is 3.01. The molecular formula is C13H19N7OS. The molecule has 1 amide bonds. The van der Waals surface area contributed by atoms with Crippen molar-refractivity contribution in [2.75, 3.05) is 5.32 Å². The largest absolute Gasteiger partial charge is 0.329 e. The van der Waals surface area contributed by atoms with E-state index in [1.54, 1.807) is 34.9 Å². The molecule has 2 heterocycles. The fourth-order valence-electron chi connectivity index (χ4n) is 1.86. The van der Waals surface area contributed by atoms with E-state index in [-0.39, 0.29) is 11.0 Å². The summed E-state index contributed by atoms with van der Waals surface area (Å²) in [7, 11) is 1.82. The number of nitrogens with zero attached hydrogens (tertiary/aromatic N) is 4. The maximum Gasteiger partial charge on any atom is 0.262 e. The molecule has 2 aromatic heterocycles. The highest BCUT2D eigenvalue weighted by atomic mass is 32.1. The molecule has 0 aliphatic rings. The summed E-state index contributed by atoms with van der Waals surface area (Å²) < 4.78 is 3.27. The first-order valence-electron chi connectivity index (χ1n) is 6.74. The van der Waals surface area contributed by atoms with E-state index >= 15 is 0 Å². The molecule has 0 bridgehead atoms. The van der Waals surface area contributed by atoms with Crippen LogP contribution in [-0.4, -0.2) is 30.6 Å². The molecule has 0 aliphatic heterocycles. The molecule has 1 atom stereocenters. The Balaban J connectivity index is 1.85. The lowest BCUT2D eigenvalue weighted by atomic mass is 10.3. The summed E-state index contributed by atoms with van der Waals surface area (Å²) in [4.78, 5) is 12.0. The number of carbonyl (C=O) groups excluding carboxylic acids is 1. The molecule has 0 fully saturated rings. The van der Waals surface area contributed by atoms with Gasteiger partial charge in [0.1, 0.15) is 6.04 Å². The Morgan fingerprint density at radius 1 is 1.32 bits per heavy atom. The monoisotopic (exact) mass is 321 g/mol. The summed E-state index contributed by atoms with van der Waals surface area (Å²) in [5.41, 5.74) is 7.82. The minimum Gasteiger partial charge on any atom is -0.329 e. The van der Waals surface area contributed by atoms with Gasteiger partial charge in [-0.1, -0.05) is 0 Å². The summed E-state index contributed by atoms with van der Waals surface area (Å²) in [5.74, 6) is -0.241. The van der Waals surface area contributed by atoms with Gasteiger partial charge in [-0.2, -0.15) is 10.2 Å². The number of nitrogens with one attached hydrogen (secondary N) is 3. The minimum absolute atomic E-state index is 0.241. The predicted octanol–water partition coefficient (Wildman–Crippen LogP) is 0.812. The van der Waals surface area contributed by atoms with Gasteiger partial charge in [0.25, 0.3) is 5.91 Å².